The molecule has 5 rings (SSSR count). The average Bonchev–Trinajstić information content (AvgIpc) is 2.94. The maximum atomic E-state index is 14.6. The zero-order valence-electron chi connectivity index (χ0n) is 28.2. The Hall–Kier alpha value is -1.73. The zero-order valence-corrected chi connectivity index (χ0v) is 28.2. The van der Waals surface area contributed by atoms with E-state index in [-0.39, 0.29) is 75.2 Å². The fourth-order valence-electron chi connectivity index (χ4n) is 11.4. The van der Waals surface area contributed by atoms with E-state index in [2.05, 4.69) is 59.9 Å². The van der Waals surface area contributed by atoms with Crippen molar-refractivity contribution in [3.8, 4) is 0 Å². The van der Waals surface area contributed by atoms with Gasteiger partial charge in [-0.3, -0.25) is 14.4 Å². The van der Waals surface area contributed by atoms with Crippen molar-refractivity contribution in [3.63, 3.8) is 0 Å². The highest BCUT2D eigenvalue weighted by Gasteiger charge is 2.70. The zero-order chi connectivity index (χ0) is 31.6. The van der Waals surface area contributed by atoms with E-state index in [1.165, 1.54) is 12.7 Å². The third-order valence-corrected chi connectivity index (χ3v) is 14.3. The molecule has 43 heavy (non-hydrogen) atoms. The van der Waals surface area contributed by atoms with Gasteiger partial charge in [-0.1, -0.05) is 47.1 Å². The molecule has 9 atom stereocenters. The van der Waals surface area contributed by atoms with Gasteiger partial charge in [0.15, 0.2) is 5.78 Å². The van der Waals surface area contributed by atoms with Crippen molar-refractivity contribution < 1.29 is 23.9 Å². The van der Waals surface area contributed by atoms with Crippen LogP contribution < -0.4 is 11.1 Å². The first-order chi connectivity index (χ1) is 20.0. The predicted molar refractivity (Wildman–Crippen MR) is 168 cm³/mol. The molecule has 5 aliphatic rings. The number of hydrogen-bond acceptors (Lipinski definition) is 7. The van der Waals surface area contributed by atoms with Gasteiger partial charge in [-0.15, -0.1) is 0 Å². The van der Waals surface area contributed by atoms with Crippen LogP contribution in [-0.4, -0.2) is 50.6 Å². The number of rotatable bonds is 7. The Morgan fingerprint density at radius 1 is 0.977 bits per heavy atom. The first-order valence-electron chi connectivity index (χ1n) is 17.0. The molecule has 0 heterocycles. The number of nitrogens with one attached hydrogen (secondary N) is 1. The van der Waals surface area contributed by atoms with Crippen molar-refractivity contribution in [1.82, 2.24) is 5.32 Å². The maximum absolute atomic E-state index is 14.6. The summed E-state index contributed by atoms with van der Waals surface area (Å²) in [5, 5.41) is 3.15. The second-order valence-electron chi connectivity index (χ2n) is 16.9. The first kappa shape index (κ1) is 32.7. The van der Waals surface area contributed by atoms with Crippen LogP contribution in [0.3, 0.4) is 0 Å². The lowest BCUT2D eigenvalue weighted by atomic mass is 9.33. The number of fused-ring (bicyclic) bond motifs is 7. The quantitative estimate of drug-likeness (QED) is 0.274. The topological polar surface area (TPSA) is 108 Å². The average molecular weight is 599 g/mol. The number of hydrogen-bond donors (Lipinski definition) is 2. The lowest BCUT2D eigenvalue weighted by Crippen LogP contribution is -2.66. The third-order valence-electron chi connectivity index (χ3n) is 14.3. The van der Waals surface area contributed by atoms with E-state index in [9.17, 15) is 14.4 Å². The van der Waals surface area contributed by atoms with Gasteiger partial charge in [-0.2, -0.15) is 0 Å². The largest absolute Gasteiger partial charge is 0.469 e. The summed E-state index contributed by atoms with van der Waals surface area (Å²) in [6.07, 6.45) is 11.2. The number of methoxy groups -OCH3 is 1. The van der Waals surface area contributed by atoms with Crippen molar-refractivity contribution in [2.45, 2.75) is 119 Å². The molecule has 0 aliphatic heterocycles. The molecule has 0 aromatic heterocycles. The van der Waals surface area contributed by atoms with Crippen LogP contribution in [0.25, 0.3) is 0 Å². The summed E-state index contributed by atoms with van der Waals surface area (Å²) in [7, 11) is 1.50. The Morgan fingerprint density at radius 3 is 2.35 bits per heavy atom. The van der Waals surface area contributed by atoms with Gasteiger partial charge in [0, 0.05) is 11.3 Å². The SMILES string of the molecule is COC(=O)[C@@]1(C)CC[C@]2(C)CC[C@]3(C)C(=CC(=O)[C@@H]4[C@@]5(C)CC[C@H](OC(=O)CNCCCN)C(C)(C)[C@@H]5CC[C@]43C)[C@@H]2C1. The molecule has 0 radical (unpaired) electrons. The monoisotopic (exact) mass is 598 g/mol. The van der Waals surface area contributed by atoms with Gasteiger partial charge in [0.25, 0.3) is 0 Å². The van der Waals surface area contributed by atoms with Gasteiger partial charge in [0.2, 0.25) is 0 Å². The summed E-state index contributed by atoms with van der Waals surface area (Å²) in [5.74, 6) is 0.385. The van der Waals surface area contributed by atoms with Crippen LogP contribution in [0, 0.1) is 50.2 Å². The van der Waals surface area contributed by atoms with E-state index in [0.717, 1.165) is 64.2 Å². The molecule has 0 bridgehead atoms. The van der Waals surface area contributed by atoms with Crippen LogP contribution in [-0.2, 0) is 23.9 Å². The highest BCUT2D eigenvalue weighted by atomic mass is 16.5. The van der Waals surface area contributed by atoms with Crippen LogP contribution in [0.15, 0.2) is 11.6 Å². The minimum absolute atomic E-state index is 0.0682. The molecule has 0 amide bonds. The molecule has 3 N–H and O–H groups in total. The standard InChI is InChI=1S/C36H58N2O5/c1-31(2)26-10-13-36(7)29(34(26,5)12-11-27(31)43-28(40)22-38-19-9-18-37)25(39)20-23-24-21-33(4,30(41)42-8)15-14-32(24,3)16-17-35(23,36)6/h20,24,26-27,29,38H,9-19,21-22,37H2,1-8H3/t24-,26-,27-,29+,32+,33-,34-,35+,36+/m0/s1. The first-order valence-corrected chi connectivity index (χ1v) is 17.0. The Labute approximate surface area is 259 Å². The van der Waals surface area contributed by atoms with Crippen LogP contribution in [0.4, 0.5) is 0 Å². The fourth-order valence-corrected chi connectivity index (χ4v) is 11.4. The van der Waals surface area contributed by atoms with Gasteiger partial charge in [0.1, 0.15) is 6.10 Å². The lowest BCUT2D eigenvalue weighted by molar-refractivity contribution is -0.210. The highest BCUT2D eigenvalue weighted by molar-refractivity contribution is 5.95. The number of carbonyl (C=O) groups is 3. The molecule has 7 nitrogen and oxygen atoms in total. The van der Waals surface area contributed by atoms with Crippen LogP contribution >= 0.6 is 0 Å². The second-order valence-corrected chi connectivity index (χ2v) is 16.9. The van der Waals surface area contributed by atoms with E-state index in [1.54, 1.807) is 0 Å². The number of ketones is 1. The second kappa shape index (κ2) is 11.0. The molecule has 0 aromatic carbocycles. The van der Waals surface area contributed by atoms with Crippen LogP contribution in [0.5, 0.6) is 0 Å². The van der Waals surface area contributed by atoms with Crippen LogP contribution in [0.2, 0.25) is 0 Å². The predicted octanol–water partition coefficient (Wildman–Crippen LogP) is 5.99. The number of carbonyl (C=O) groups excluding carboxylic acids is 3. The van der Waals surface area contributed by atoms with E-state index < -0.39 is 5.41 Å². The molecule has 0 spiro atoms. The highest BCUT2D eigenvalue weighted by Crippen LogP contribution is 2.75. The van der Waals surface area contributed by atoms with Gasteiger partial charge < -0.3 is 20.5 Å². The molecule has 7 heteroatoms. The van der Waals surface area contributed by atoms with E-state index >= 15 is 0 Å². The minimum Gasteiger partial charge on any atom is -0.469 e. The molecule has 0 saturated heterocycles. The van der Waals surface area contributed by atoms with Crippen molar-refractivity contribution >= 4 is 17.7 Å². The molecular formula is C36H58N2O5. The molecule has 0 aromatic rings. The van der Waals surface area contributed by atoms with Crippen molar-refractivity contribution in [1.29, 1.82) is 0 Å². The molecule has 242 valence electrons. The minimum atomic E-state index is -0.512. The van der Waals surface area contributed by atoms with Gasteiger partial charge >= 0.3 is 11.9 Å². The van der Waals surface area contributed by atoms with Crippen molar-refractivity contribution in [2.24, 2.45) is 56.0 Å². The molecular weight excluding hydrogens is 540 g/mol. The molecule has 5 aliphatic carbocycles. The van der Waals surface area contributed by atoms with E-state index in [4.69, 9.17) is 15.2 Å². The number of esters is 2. The Balaban J connectivity index is 1.44. The van der Waals surface area contributed by atoms with E-state index in [1.807, 2.05) is 0 Å². The Morgan fingerprint density at radius 2 is 1.67 bits per heavy atom. The van der Waals surface area contributed by atoms with Crippen molar-refractivity contribution in [3.05, 3.63) is 11.6 Å². The summed E-state index contributed by atoms with van der Waals surface area (Å²) in [4.78, 5) is 40.3. The molecule has 4 fully saturated rings. The summed E-state index contributed by atoms with van der Waals surface area (Å²) < 4.78 is 11.4. The van der Waals surface area contributed by atoms with Crippen molar-refractivity contribution in [2.75, 3.05) is 26.7 Å². The summed E-state index contributed by atoms with van der Waals surface area (Å²) >= 11 is 0. The van der Waals surface area contributed by atoms with Gasteiger partial charge in [0.05, 0.1) is 19.1 Å². The number of allylic oxidation sites excluding steroid dienone is 2. The van der Waals surface area contributed by atoms with Gasteiger partial charge in [-0.05, 0) is 124 Å². The number of nitrogens with two attached hydrogens (primary N) is 1. The van der Waals surface area contributed by atoms with Crippen LogP contribution in [0.1, 0.15) is 113 Å². The third kappa shape index (κ3) is 4.85. The normalized spacial score (nSPS) is 45.0. The maximum Gasteiger partial charge on any atom is 0.320 e. The Kier molecular flexibility index (Phi) is 8.32. The van der Waals surface area contributed by atoms with Gasteiger partial charge in [-0.25, -0.2) is 0 Å². The summed E-state index contributed by atoms with van der Waals surface area (Å²) in [6.45, 7) is 17.7. The Bertz CT molecular complexity index is 1180. The fraction of sp³-hybridized carbons (Fsp3) is 0.861. The summed E-state index contributed by atoms with van der Waals surface area (Å²) in [6, 6.07) is 0. The molecule has 0 unspecified atom stereocenters. The molecule has 4 saturated carbocycles. The number of ether oxygens (including phenoxy) is 2. The van der Waals surface area contributed by atoms with E-state index in [0.29, 0.717) is 13.1 Å². The smallest absolute Gasteiger partial charge is 0.320 e. The lowest BCUT2D eigenvalue weighted by Gasteiger charge is -2.70. The summed E-state index contributed by atoms with van der Waals surface area (Å²) in [5.41, 5.74) is 5.82.